The van der Waals surface area contributed by atoms with E-state index >= 15 is 0 Å². The Kier molecular flexibility index (Phi) is 3.82. The molecule has 0 saturated carbocycles. The van der Waals surface area contributed by atoms with Crippen LogP contribution in [0.4, 0.5) is 0 Å². The van der Waals surface area contributed by atoms with Crippen molar-refractivity contribution in [1.29, 1.82) is 0 Å². The van der Waals surface area contributed by atoms with Crippen LogP contribution < -0.4 is 9.47 Å². The van der Waals surface area contributed by atoms with Crippen molar-refractivity contribution >= 4 is 0 Å². The Hall–Kier alpha value is -1.56. The molecule has 3 aliphatic rings. The van der Waals surface area contributed by atoms with Crippen LogP contribution >= 0.6 is 0 Å². The first-order valence-electron chi connectivity index (χ1n) is 8.53. The molecule has 0 amide bonds. The van der Waals surface area contributed by atoms with Crippen LogP contribution in [-0.2, 0) is 14.9 Å². The minimum atomic E-state index is -0.538. The average molecular weight is 331 g/mol. The van der Waals surface area contributed by atoms with E-state index < -0.39 is 5.79 Å². The van der Waals surface area contributed by atoms with E-state index in [0.29, 0.717) is 19.3 Å². The number of nitrogens with zero attached hydrogens (tertiary/aromatic N) is 1. The lowest BCUT2D eigenvalue weighted by Crippen LogP contribution is -2.49. The quantitative estimate of drug-likeness (QED) is 0.795. The second-order valence-electron chi connectivity index (χ2n) is 6.90. The van der Waals surface area contributed by atoms with Gasteiger partial charge in [0, 0.05) is 17.9 Å². The maximum Gasteiger partial charge on any atom is 0.189 e. The van der Waals surface area contributed by atoms with Gasteiger partial charge >= 0.3 is 0 Å². The van der Waals surface area contributed by atoms with Crippen LogP contribution in [0.2, 0.25) is 0 Å². The predicted octanol–water partition coefficient (Wildman–Crippen LogP) is 2.35. The summed E-state index contributed by atoms with van der Waals surface area (Å²) in [6.07, 6.45) is 6.37. The lowest BCUT2D eigenvalue weighted by atomic mass is 9.68. The molecule has 5 heteroatoms. The van der Waals surface area contributed by atoms with Gasteiger partial charge in [0.2, 0.25) is 0 Å². The van der Waals surface area contributed by atoms with Gasteiger partial charge in [-0.1, -0.05) is 12.1 Å². The second-order valence-corrected chi connectivity index (χ2v) is 6.90. The lowest BCUT2D eigenvalue weighted by Gasteiger charge is -2.43. The average Bonchev–Trinajstić information content (AvgIpc) is 3.21. The summed E-state index contributed by atoms with van der Waals surface area (Å²) in [7, 11) is 5.54. The fraction of sp³-hybridized carbons (Fsp3) is 0.579. The molecular weight excluding hydrogens is 306 g/mol. The number of fused-ring (bicyclic) bond motifs is 1. The summed E-state index contributed by atoms with van der Waals surface area (Å²) in [5.74, 6) is 1.00. The molecule has 0 radical (unpaired) electrons. The van der Waals surface area contributed by atoms with Gasteiger partial charge in [-0.05, 0) is 43.8 Å². The molecule has 130 valence electrons. The van der Waals surface area contributed by atoms with Crippen molar-refractivity contribution in [3.63, 3.8) is 0 Å². The minimum absolute atomic E-state index is 0.0329. The molecule has 1 aliphatic carbocycles. The highest BCUT2D eigenvalue weighted by Gasteiger charge is 2.53. The molecule has 2 saturated heterocycles. The number of benzene rings is 1. The molecule has 0 N–H and O–H groups in total. The van der Waals surface area contributed by atoms with Crippen LogP contribution in [0.1, 0.15) is 18.4 Å². The normalized spacial score (nSPS) is 31.4. The van der Waals surface area contributed by atoms with Crippen LogP contribution in [0.15, 0.2) is 30.4 Å². The summed E-state index contributed by atoms with van der Waals surface area (Å²) in [5.41, 5.74) is 1.23. The summed E-state index contributed by atoms with van der Waals surface area (Å²) in [6.45, 7) is 2.40. The van der Waals surface area contributed by atoms with Gasteiger partial charge < -0.3 is 23.8 Å². The fourth-order valence-electron chi connectivity index (χ4n) is 4.47. The summed E-state index contributed by atoms with van der Waals surface area (Å²) in [4.78, 5) is 2.42. The Morgan fingerprint density at radius 1 is 1.08 bits per heavy atom. The van der Waals surface area contributed by atoms with Crippen molar-refractivity contribution in [2.24, 2.45) is 0 Å². The number of likely N-dealkylation sites (tertiary alicyclic amines) is 1. The number of methoxy groups -OCH3 is 2. The highest BCUT2D eigenvalue weighted by Crippen LogP contribution is 2.50. The van der Waals surface area contributed by atoms with Crippen LogP contribution in [0.3, 0.4) is 0 Å². The maximum atomic E-state index is 5.92. The van der Waals surface area contributed by atoms with Gasteiger partial charge in [-0.3, -0.25) is 0 Å². The maximum absolute atomic E-state index is 5.92. The van der Waals surface area contributed by atoms with Crippen LogP contribution in [0.25, 0.3) is 0 Å². The van der Waals surface area contributed by atoms with Crippen molar-refractivity contribution in [3.8, 4) is 11.5 Å². The molecule has 4 rings (SSSR count). The number of rotatable bonds is 3. The first-order valence-corrected chi connectivity index (χ1v) is 8.53. The Morgan fingerprint density at radius 3 is 2.54 bits per heavy atom. The van der Waals surface area contributed by atoms with Crippen molar-refractivity contribution < 1.29 is 18.9 Å². The lowest BCUT2D eigenvalue weighted by molar-refractivity contribution is -0.138. The Balaban J connectivity index is 1.77. The minimum Gasteiger partial charge on any atom is -0.493 e. The molecule has 24 heavy (non-hydrogen) atoms. The highest BCUT2D eigenvalue weighted by molar-refractivity contribution is 5.49. The Bertz CT molecular complexity index is 653. The summed E-state index contributed by atoms with van der Waals surface area (Å²) in [5, 5.41) is 0. The third kappa shape index (κ3) is 2.26. The van der Waals surface area contributed by atoms with E-state index in [2.05, 4.69) is 36.2 Å². The van der Waals surface area contributed by atoms with E-state index in [1.54, 1.807) is 14.2 Å². The largest absolute Gasteiger partial charge is 0.493 e. The molecule has 1 spiro atoms. The monoisotopic (exact) mass is 331 g/mol. The molecular formula is C19H25NO4. The zero-order valence-corrected chi connectivity index (χ0v) is 14.6. The topological polar surface area (TPSA) is 40.2 Å². The number of ether oxygens (including phenoxy) is 4. The highest BCUT2D eigenvalue weighted by atomic mass is 16.7. The molecule has 1 aromatic rings. The fourth-order valence-corrected chi connectivity index (χ4v) is 4.47. The third-order valence-electron chi connectivity index (χ3n) is 5.81. The number of likely N-dealkylation sites (N-methyl/N-ethyl adjacent to an activating group) is 1. The van der Waals surface area contributed by atoms with Crippen molar-refractivity contribution in [3.05, 3.63) is 35.9 Å². The van der Waals surface area contributed by atoms with Crippen LogP contribution in [0.5, 0.6) is 11.5 Å². The molecule has 0 bridgehead atoms. The first-order chi connectivity index (χ1) is 11.6. The van der Waals surface area contributed by atoms with Gasteiger partial charge in [-0.25, -0.2) is 0 Å². The van der Waals surface area contributed by atoms with E-state index in [-0.39, 0.29) is 5.41 Å². The number of hydrogen-bond donors (Lipinski definition) is 0. The SMILES string of the molecule is COc1ccc([C@]23C=CC4(C[C@H]2N(C)CC3)OCCO4)cc1OC. The zero-order chi connectivity index (χ0) is 16.8. The smallest absolute Gasteiger partial charge is 0.189 e. The van der Waals surface area contributed by atoms with Gasteiger partial charge in [0.05, 0.1) is 27.4 Å². The summed E-state index contributed by atoms with van der Waals surface area (Å²) in [6, 6.07) is 6.62. The van der Waals surface area contributed by atoms with Gasteiger partial charge in [-0.15, -0.1) is 0 Å². The molecule has 2 aliphatic heterocycles. The third-order valence-corrected chi connectivity index (χ3v) is 5.81. The van der Waals surface area contributed by atoms with Crippen molar-refractivity contribution in [2.45, 2.75) is 30.1 Å². The molecule has 5 nitrogen and oxygen atoms in total. The molecule has 0 unspecified atom stereocenters. The van der Waals surface area contributed by atoms with E-state index in [4.69, 9.17) is 18.9 Å². The van der Waals surface area contributed by atoms with Gasteiger partial charge in [0.25, 0.3) is 0 Å². The van der Waals surface area contributed by atoms with Gasteiger partial charge in [0.15, 0.2) is 17.3 Å². The van der Waals surface area contributed by atoms with Crippen LogP contribution in [-0.4, -0.2) is 57.8 Å². The Morgan fingerprint density at radius 2 is 1.83 bits per heavy atom. The Labute approximate surface area is 143 Å². The van der Waals surface area contributed by atoms with Crippen LogP contribution in [0, 0.1) is 0 Å². The van der Waals surface area contributed by atoms with E-state index in [9.17, 15) is 0 Å². The molecule has 1 aromatic carbocycles. The van der Waals surface area contributed by atoms with E-state index in [1.807, 2.05) is 6.07 Å². The summed E-state index contributed by atoms with van der Waals surface area (Å²) < 4.78 is 22.8. The van der Waals surface area contributed by atoms with Crippen molar-refractivity contribution in [2.75, 3.05) is 41.0 Å². The predicted molar refractivity (Wildman–Crippen MR) is 90.7 cm³/mol. The zero-order valence-electron chi connectivity index (χ0n) is 14.6. The summed E-state index contributed by atoms with van der Waals surface area (Å²) >= 11 is 0. The van der Waals surface area contributed by atoms with Gasteiger partial charge in [0.1, 0.15) is 0 Å². The molecule has 2 heterocycles. The standard InChI is InChI=1S/C19H25NO4/c1-20-9-8-18(14-4-5-15(21-2)16(12-14)22-3)6-7-19(13-17(18)20)23-10-11-24-19/h4-7,12,17H,8-11,13H2,1-3H3/t17-,18-/m1/s1. The molecule has 2 atom stereocenters. The van der Waals surface area contributed by atoms with E-state index in [1.165, 1.54) is 5.56 Å². The van der Waals surface area contributed by atoms with E-state index in [0.717, 1.165) is 30.9 Å². The second kappa shape index (κ2) is 5.76. The molecule has 2 fully saturated rings. The van der Waals surface area contributed by atoms with Crippen molar-refractivity contribution in [1.82, 2.24) is 4.90 Å². The number of hydrogen-bond acceptors (Lipinski definition) is 5. The first kappa shape index (κ1) is 15.9. The molecule has 0 aromatic heterocycles. The van der Waals surface area contributed by atoms with Gasteiger partial charge in [-0.2, -0.15) is 0 Å².